The zero-order valence-electron chi connectivity index (χ0n) is 18.3. The molecule has 0 aliphatic heterocycles. The van der Waals surface area contributed by atoms with E-state index >= 15 is 0 Å². The molecule has 0 aliphatic carbocycles. The van der Waals surface area contributed by atoms with Gasteiger partial charge in [0, 0.05) is 13.0 Å². The molecule has 3 unspecified atom stereocenters. The summed E-state index contributed by atoms with van der Waals surface area (Å²) >= 11 is 0. The van der Waals surface area contributed by atoms with Gasteiger partial charge in [-0.2, -0.15) is 0 Å². The fourth-order valence-electron chi connectivity index (χ4n) is 2.42. The first-order valence-corrected chi connectivity index (χ1v) is 10.0. The standard InChI is InChI=1S/C18H34N8O6/c1-9(2)14(20)16(30)26-10(4-3-7-23-18(21)22)15(29)24-8-13(28)25-11(17(31)32)5-6-12(19)27/h9-11,14H,3-8,20H2,1-2H3,(H2,19,27)(H,24,29)(H,25,28)(H,26,30)(H,31,32)(H4,21,22,23). The molecule has 0 heterocycles. The first kappa shape index (κ1) is 28.6. The van der Waals surface area contributed by atoms with Crippen LogP contribution in [0.4, 0.5) is 0 Å². The van der Waals surface area contributed by atoms with Crippen molar-refractivity contribution in [1.82, 2.24) is 16.0 Å². The summed E-state index contributed by atoms with van der Waals surface area (Å²) in [5.74, 6) is -4.34. The molecule has 0 saturated heterocycles. The number of carbonyl (C=O) groups excluding carboxylic acids is 4. The normalized spacial score (nSPS) is 13.4. The Balaban J connectivity index is 4.96. The van der Waals surface area contributed by atoms with Crippen LogP contribution in [0.2, 0.25) is 0 Å². The molecule has 14 nitrogen and oxygen atoms in total. The van der Waals surface area contributed by atoms with Crippen LogP contribution in [0.1, 0.15) is 39.5 Å². The van der Waals surface area contributed by atoms with Crippen molar-refractivity contribution >= 4 is 35.6 Å². The SMILES string of the molecule is CC(C)C(N)C(=O)NC(CCCN=C(N)N)C(=O)NCC(=O)NC(CCC(N)=O)C(=O)O. The lowest BCUT2D eigenvalue weighted by Crippen LogP contribution is -2.54. The van der Waals surface area contributed by atoms with Crippen LogP contribution in [-0.2, 0) is 24.0 Å². The zero-order chi connectivity index (χ0) is 24.8. The Hall–Kier alpha value is -3.42. The van der Waals surface area contributed by atoms with E-state index in [0.29, 0.717) is 6.42 Å². The average molecular weight is 459 g/mol. The van der Waals surface area contributed by atoms with Gasteiger partial charge >= 0.3 is 5.97 Å². The molecule has 12 N–H and O–H groups in total. The number of hydrogen-bond donors (Lipinski definition) is 8. The minimum atomic E-state index is -1.35. The summed E-state index contributed by atoms with van der Waals surface area (Å²) in [5.41, 5.74) is 21.3. The van der Waals surface area contributed by atoms with Crippen molar-refractivity contribution in [3.8, 4) is 0 Å². The molecule has 0 saturated carbocycles. The first-order chi connectivity index (χ1) is 14.8. The minimum absolute atomic E-state index is 0.113. The van der Waals surface area contributed by atoms with Crippen LogP contribution in [0.25, 0.3) is 0 Å². The molecule has 0 rings (SSSR count). The molecule has 0 radical (unpaired) electrons. The van der Waals surface area contributed by atoms with Gasteiger partial charge in [0.1, 0.15) is 12.1 Å². The smallest absolute Gasteiger partial charge is 0.326 e. The van der Waals surface area contributed by atoms with E-state index in [-0.39, 0.29) is 37.7 Å². The topological polar surface area (TPSA) is 258 Å². The maximum absolute atomic E-state index is 12.5. The van der Waals surface area contributed by atoms with Gasteiger partial charge in [-0.05, 0) is 25.2 Å². The van der Waals surface area contributed by atoms with Gasteiger partial charge in [-0.1, -0.05) is 13.8 Å². The fraction of sp³-hybridized carbons (Fsp3) is 0.667. The van der Waals surface area contributed by atoms with Crippen molar-refractivity contribution in [2.24, 2.45) is 33.8 Å². The van der Waals surface area contributed by atoms with E-state index in [1.54, 1.807) is 13.8 Å². The number of nitrogens with one attached hydrogen (secondary N) is 3. The number of aliphatic imine (C=N–C) groups is 1. The van der Waals surface area contributed by atoms with E-state index in [4.69, 9.17) is 28.0 Å². The van der Waals surface area contributed by atoms with Crippen molar-refractivity contribution < 1.29 is 29.1 Å². The third-order valence-electron chi connectivity index (χ3n) is 4.34. The van der Waals surface area contributed by atoms with Crippen LogP contribution in [0.15, 0.2) is 4.99 Å². The van der Waals surface area contributed by atoms with Crippen molar-refractivity contribution in [3.63, 3.8) is 0 Å². The van der Waals surface area contributed by atoms with Crippen LogP contribution in [0.3, 0.4) is 0 Å². The highest BCUT2D eigenvalue weighted by Crippen LogP contribution is 2.03. The molecule has 0 aromatic heterocycles. The van der Waals surface area contributed by atoms with E-state index < -0.39 is 54.3 Å². The van der Waals surface area contributed by atoms with Gasteiger partial charge in [0.25, 0.3) is 0 Å². The second kappa shape index (κ2) is 14.6. The second-order valence-corrected chi connectivity index (χ2v) is 7.46. The third kappa shape index (κ3) is 12.3. The summed E-state index contributed by atoms with van der Waals surface area (Å²) in [5, 5.41) is 16.2. The molecule has 0 spiro atoms. The summed E-state index contributed by atoms with van der Waals surface area (Å²) in [4.78, 5) is 62.6. The molecule has 0 aromatic rings. The molecule has 0 aromatic carbocycles. The van der Waals surface area contributed by atoms with Gasteiger partial charge in [-0.15, -0.1) is 0 Å². The van der Waals surface area contributed by atoms with Gasteiger partial charge in [-0.25, -0.2) is 4.79 Å². The molecule has 0 bridgehead atoms. The molecular weight excluding hydrogens is 424 g/mol. The number of primary amides is 1. The number of hydrogen-bond acceptors (Lipinski definition) is 7. The van der Waals surface area contributed by atoms with Crippen LogP contribution in [0, 0.1) is 5.92 Å². The molecule has 14 heteroatoms. The maximum Gasteiger partial charge on any atom is 0.326 e. The second-order valence-electron chi connectivity index (χ2n) is 7.46. The Morgan fingerprint density at radius 3 is 2.06 bits per heavy atom. The number of carboxylic acid groups (broad SMARTS) is 1. The lowest BCUT2D eigenvalue weighted by molar-refractivity contribution is -0.142. The highest BCUT2D eigenvalue weighted by Gasteiger charge is 2.26. The number of aliphatic carboxylic acids is 1. The van der Waals surface area contributed by atoms with E-state index in [1.807, 2.05) is 0 Å². The van der Waals surface area contributed by atoms with Gasteiger partial charge in [0.15, 0.2) is 5.96 Å². The van der Waals surface area contributed by atoms with Crippen LogP contribution in [0.5, 0.6) is 0 Å². The highest BCUT2D eigenvalue weighted by molar-refractivity contribution is 5.92. The molecule has 182 valence electrons. The fourth-order valence-corrected chi connectivity index (χ4v) is 2.42. The molecule has 32 heavy (non-hydrogen) atoms. The molecule has 4 amide bonds. The number of nitrogens with zero attached hydrogens (tertiary/aromatic N) is 1. The van der Waals surface area contributed by atoms with E-state index in [1.165, 1.54) is 0 Å². The number of amides is 4. The molecule has 0 aliphatic rings. The zero-order valence-corrected chi connectivity index (χ0v) is 18.3. The Bertz CT molecular complexity index is 708. The number of carboxylic acids is 1. The summed E-state index contributed by atoms with van der Waals surface area (Å²) in [6.45, 7) is 3.17. The van der Waals surface area contributed by atoms with Crippen molar-refractivity contribution in [2.75, 3.05) is 13.1 Å². The monoisotopic (exact) mass is 458 g/mol. The lowest BCUT2D eigenvalue weighted by atomic mass is 10.0. The summed E-state index contributed by atoms with van der Waals surface area (Å²) in [6, 6.07) is -3.20. The summed E-state index contributed by atoms with van der Waals surface area (Å²) in [6.07, 6.45) is 0.0925. The van der Waals surface area contributed by atoms with E-state index in [0.717, 1.165) is 0 Å². The average Bonchev–Trinajstić information content (AvgIpc) is 2.69. The Labute approximate surface area is 185 Å². The van der Waals surface area contributed by atoms with Gasteiger partial charge in [0.05, 0.1) is 12.6 Å². The Morgan fingerprint density at radius 2 is 1.56 bits per heavy atom. The summed E-state index contributed by atoms with van der Waals surface area (Å²) < 4.78 is 0. The lowest BCUT2D eigenvalue weighted by Gasteiger charge is -2.22. The predicted molar refractivity (Wildman–Crippen MR) is 116 cm³/mol. The van der Waals surface area contributed by atoms with E-state index in [2.05, 4.69) is 20.9 Å². The van der Waals surface area contributed by atoms with Gasteiger partial charge < -0.3 is 44.0 Å². The maximum atomic E-state index is 12.5. The number of guanidine groups is 1. The number of carbonyl (C=O) groups is 5. The Kier molecular flexibility index (Phi) is 13.0. The quantitative estimate of drug-likeness (QED) is 0.0685. The predicted octanol–water partition coefficient (Wildman–Crippen LogP) is -3.54. The molecule has 3 atom stereocenters. The number of nitrogens with two attached hydrogens (primary N) is 4. The number of rotatable bonds is 15. The van der Waals surface area contributed by atoms with Crippen molar-refractivity contribution in [3.05, 3.63) is 0 Å². The van der Waals surface area contributed by atoms with Crippen molar-refractivity contribution in [2.45, 2.75) is 57.7 Å². The van der Waals surface area contributed by atoms with Gasteiger partial charge in [0.2, 0.25) is 23.6 Å². The van der Waals surface area contributed by atoms with Crippen molar-refractivity contribution in [1.29, 1.82) is 0 Å². The Morgan fingerprint density at radius 1 is 0.938 bits per heavy atom. The molecular formula is C18H34N8O6. The third-order valence-corrected chi connectivity index (χ3v) is 4.34. The van der Waals surface area contributed by atoms with Crippen LogP contribution < -0.4 is 38.9 Å². The first-order valence-electron chi connectivity index (χ1n) is 10.0. The largest absolute Gasteiger partial charge is 0.480 e. The highest BCUT2D eigenvalue weighted by atomic mass is 16.4. The van der Waals surface area contributed by atoms with E-state index in [9.17, 15) is 24.0 Å². The van der Waals surface area contributed by atoms with Crippen LogP contribution >= 0.6 is 0 Å². The minimum Gasteiger partial charge on any atom is -0.480 e. The van der Waals surface area contributed by atoms with Crippen LogP contribution in [-0.4, -0.2) is 71.9 Å². The van der Waals surface area contributed by atoms with Gasteiger partial charge in [-0.3, -0.25) is 24.2 Å². The molecule has 0 fully saturated rings. The summed E-state index contributed by atoms with van der Waals surface area (Å²) in [7, 11) is 0.